The fraction of sp³-hybridized carbons (Fsp3) is 0. The summed E-state index contributed by atoms with van der Waals surface area (Å²) in [5.74, 6) is 0.700. The molecule has 9 rings (SSSR count). The maximum absolute atomic E-state index is 5.13. The molecular formula is C47H31N3. The van der Waals surface area contributed by atoms with Gasteiger partial charge in [0.1, 0.15) is 0 Å². The normalized spacial score (nSPS) is 11.2. The van der Waals surface area contributed by atoms with Gasteiger partial charge in [-0.2, -0.15) is 0 Å². The highest BCUT2D eigenvalue weighted by atomic mass is 14.9. The number of rotatable bonds is 6. The smallest absolute Gasteiger partial charge is 0.160 e. The van der Waals surface area contributed by atoms with Gasteiger partial charge in [0.25, 0.3) is 0 Å². The molecule has 0 aliphatic carbocycles. The molecule has 0 aliphatic heterocycles. The summed E-state index contributed by atoms with van der Waals surface area (Å²) in [4.78, 5) is 15.3. The molecule has 50 heavy (non-hydrogen) atoms. The van der Waals surface area contributed by atoms with Crippen LogP contribution in [0.15, 0.2) is 188 Å². The first-order chi connectivity index (χ1) is 24.8. The van der Waals surface area contributed by atoms with E-state index >= 15 is 0 Å². The van der Waals surface area contributed by atoms with Gasteiger partial charge in [-0.15, -0.1) is 0 Å². The van der Waals surface area contributed by atoms with E-state index in [9.17, 15) is 0 Å². The lowest BCUT2D eigenvalue weighted by atomic mass is 9.93. The third kappa shape index (κ3) is 5.61. The van der Waals surface area contributed by atoms with Gasteiger partial charge in [0.2, 0.25) is 0 Å². The summed E-state index contributed by atoms with van der Waals surface area (Å²) in [6.45, 7) is 0. The summed E-state index contributed by atoms with van der Waals surface area (Å²) in [5.41, 5.74) is 12.5. The fourth-order valence-electron chi connectivity index (χ4n) is 6.76. The Labute approximate surface area is 291 Å². The predicted octanol–water partition coefficient (Wildman–Crippen LogP) is 12.2. The van der Waals surface area contributed by atoms with E-state index in [1.54, 1.807) is 0 Å². The van der Waals surface area contributed by atoms with Crippen molar-refractivity contribution in [3.05, 3.63) is 188 Å². The summed E-state index contributed by atoms with van der Waals surface area (Å²) in [6, 6.07) is 65.6. The van der Waals surface area contributed by atoms with Crippen LogP contribution in [0.5, 0.6) is 0 Å². The highest BCUT2D eigenvalue weighted by molar-refractivity contribution is 6.13. The number of fused-ring (bicyclic) bond motifs is 3. The van der Waals surface area contributed by atoms with Crippen molar-refractivity contribution < 1.29 is 0 Å². The number of aromatic nitrogens is 3. The molecule has 0 bridgehead atoms. The SMILES string of the molecule is c1ccc(-c2cccc(-c3cc(-c4ccc(-c5cc(-c6ccccc6)nc6ccc7ccccc7c56)cc4)nc(-c4ccccc4)n3)c2)cc1. The second-order valence-electron chi connectivity index (χ2n) is 12.5. The second kappa shape index (κ2) is 12.7. The van der Waals surface area contributed by atoms with Gasteiger partial charge in [0.05, 0.1) is 22.6 Å². The molecule has 234 valence electrons. The highest BCUT2D eigenvalue weighted by Crippen LogP contribution is 2.38. The predicted molar refractivity (Wildman–Crippen MR) is 207 cm³/mol. The molecule has 0 N–H and O–H groups in total. The van der Waals surface area contributed by atoms with Crippen LogP contribution in [-0.2, 0) is 0 Å². The van der Waals surface area contributed by atoms with Crippen LogP contribution in [0.25, 0.3) is 89.1 Å². The minimum absolute atomic E-state index is 0.700. The van der Waals surface area contributed by atoms with E-state index in [-0.39, 0.29) is 0 Å². The summed E-state index contributed by atoms with van der Waals surface area (Å²) >= 11 is 0. The largest absolute Gasteiger partial charge is 0.248 e. The Morgan fingerprint density at radius 1 is 0.300 bits per heavy atom. The molecule has 0 atom stereocenters. The molecule has 0 aliphatic rings. The molecule has 3 heteroatoms. The Kier molecular flexibility index (Phi) is 7.49. The van der Waals surface area contributed by atoms with Crippen molar-refractivity contribution >= 4 is 21.7 Å². The zero-order chi connectivity index (χ0) is 33.3. The van der Waals surface area contributed by atoms with E-state index < -0.39 is 0 Å². The van der Waals surface area contributed by atoms with Gasteiger partial charge in [-0.05, 0) is 57.3 Å². The zero-order valence-electron chi connectivity index (χ0n) is 27.2. The number of hydrogen-bond acceptors (Lipinski definition) is 3. The van der Waals surface area contributed by atoms with E-state index in [1.165, 1.54) is 16.3 Å². The molecule has 0 spiro atoms. The van der Waals surface area contributed by atoms with Crippen molar-refractivity contribution in [2.24, 2.45) is 0 Å². The van der Waals surface area contributed by atoms with E-state index in [0.29, 0.717) is 5.82 Å². The molecule has 0 saturated carbocycles. The number of pyridine rings is 1. The van der Waals surface area contributed by atoms with Gasteiger partial charge in [-0.3, -0.25) is 0 Å². The van der Waals surface area contributed by atoms with Crippen LogP contribution in [0.4, 0.5) is 0 Å². The molecule has 0 fully saturated rings. The Bertz CT molecular complexity index is 2610. The summed E-state index contributed by atoms with van der Waals surface area (Å²) in [7, 11) is 0. The van der Waals surface area contributed by atoms with Crippen LogP contribution in [0.2, 0.25) is 0 Å². The van der Waals surface area contributed by atoms with Crippen molar-refractivity contribution in [1.82, 2.24) is 15.0 Å². The van der Waals surface area contributed by atoms with E-state index in [4.69, 9.17) is 15.0 Å². The van der Waals surface area contributed by atoms with Crippen LogP contribution in [-0.4, -0.2) is 15.0 Å². The molecule has 7 aromatic carbocycles. The fourth-order valence-corrected chi connectivity index (χ4v) is 6.76. The zero-order valence-corrected chi connectivity index (χ0v) is 27.2. The van der Waals surface area contributed by atoms with Crippen molar-refractivity contribution in [3.63, 3.8) is 0 Å². The number of nitrogens with zero attached hydrogens (tertiary/aromatic N) is 3. The van der Waals surface area contributed by atoms with Crippen molar-refractivity contribution in [3.8, 4) is 67.4 Å². The molecule has 2 aromatic heterocycles. The lowest BCUT2D eigenvalue weighted by Crippen LogP contribution is -1.96. The molecule has 0 unspecified atom stereocenters. The van der Waals surface area contributed by atoms with Gasteiger partial charge in [-0.1, -0.05) is 164 Å². The molecule has 3 nitrogen and oxygen atoms in total. The van der Waals surface area contributed by atoms with Crippen molar-refractivity contribution in [2.45, 2.75) is 0 Å². The molecule has 0 saturated heterocycles. The Morgan fingerprint density at radius 3 is 1.58 bits per heavy atom. The maximum atomic E-state index is 5.13. The molecular weight excluding hydrogens is 607 g/mol. The minimum Gasteiger partial charge on any atom is -0.248 e. The molecule has 2 heterocycles. The van der Waals surface area contributed by atoms with Crippen LogP contribution in [0.1, 0.15) is 0 Å². The summed E-state index contributed by atoms with van der Waals surface area (Å²) < 4.78 is 0. The minimum atomic E-state index is 0.700. The van der Waals surface area contributed by atoms with Crippen molar-refractivity contribution in [2.75, 3.05) is 0 Å². The van der Waals surface area contributed by atoms with Gasteiger partial charge in [0, 0.05) is 27.6 Å². The quantitative estimate of drug-likeness (QED) is 0.170. The number of benzene rings is 7. The van der Waals surface area contributed by atoms with E-state index in [1.807, 2.05) is 30.3 Å². The van der Waals surface area contributed by atoms with Gasteiger partial charge >= 0.3 is 0 Å². The third-order valence-corrected chi connectivity index (χ3v) is 9.28. The Balaban J connectivity index is 1.18. The van der Waals surface area contributed by atoms with Crippen LogP contribution >= 0.6 is 0 Å². The Morgan fingerprint density at radius 2 is 0.840 bits per heavy atom. The van der Waals surface area contributed by atoms with E-state index in [2.05, 4.69) is 158 Å². The maximum Gasteiger partial charge on any atom is 0.160 e. The lowest BCUT2D eigenvalue weighted by Gasteiger charge is -2.14. The first kappa shape index (κ1) is 29.4. The van der Waals surface area contributed by atoms with Gasteiger partial charge in [-0.25, -0.2) is 15.0 Å². The summed E-state index contributed by atoms with van der Waals surface area (Å²) in [5, 5.41) is 3.55. The first-order valence-corrected chi connectivity index (χ1v) is 16.9. The van der Waals surface area contributed by atoms with Crippen molar-refractivity contribution in [1.29, 1.82) is 0 Å². The number of hydrogen-bond donors (Lipinski definition) is 0. The van der Waals surface area contributed by atoms with Crippen LogP contribution in [0.3, 0.4) is 0 Å². The summed E-state index contributed by atoms with van der Waals surface area (Å²) in [6.07, 6.45) is 0. The van der Waals surface area contributed by atoms with E-state index in [0.717, 1.165) is 66.9 Å². The molecule has 0 radical (unpaired) electrons. The monoisotopic (exact) mass is 637 g/mol. The highest BCUT2D eigenvalue weighted by Gasteiger charge is 2.15. The Hall–Kier alpha value is -6.71. The standard InChI is InChI=1S/C47H31N3/c1-4-13-32(14-5-1)38-20-12-21-39(29-38)45-31-44(49-47(50-45)37-18-8-3-9-19-37)36-25-23-34(24-26-36)41-30-43(35-16-6-2-7-17-35)48-42-28-27-33-15-10-11-22-40(33)46(41)42/h1-31H. The molecule has 0 amide bonds. The lowest BCUT2D eigenvalue weighted by molar-refractivity contribution is 1.18. The van der Waals surface area contributed by atoms with Crippen LogP contribution < -0.4 is 0 Å². The van der Waals surface area contributed by atoms with Crippen LogP contribution in [0, 0.1) is 0 Å². The average Bonchev–Trinajstić information content (AvgIpc) is 3.21. The molecule has 9 aromatic rings. The topological polar surface area (TPSA) is 38.7 Å². The van der Waals surface area contributed by atoms with Gasteiger partial charge < -0.3 is 0 Å². The first-order valence-electron chi connectivity index (χ1n) is 16.9. The second-order valence-corrected chi connectivity index (χ2v) is 12.5. The van der Waals surface area contributed by atoms with Gasteiger partial charge in [0.15, 0.2) is 5.82 Å². The average molecular weight is 638 g/mol. The third-order valence-electron chi connectivity index (χ3n) is 9.28.